The molecule has 2 aromatic rings. The highest BCUT2D eigenvalue weighted by atomic mass is 35.5. The number of hydrogen-bond acceptors (Lipinski definition) is 2. The van der Waals surface area contributed by atoms with E-state index in [0.29, 0.717) is 11.3 Å². The van der Waals surface area contributed by atoms with E-state index >= 15 is 0 Å². The van der Waals surface area contributed by atoms with Gasteiger partial charge in [0.1, 0.15) is 5.75 Å². The maximum Gasteiger partial charge on any atom is 0.196 e. The molecule has 0 amide bonds. The molecule has 92 valence electrons. The lowest BCUT2D eigenvalue weighted by atomic mass is 10.0. The first-order valence-electron chi connectivity index (χ1n) is 5.26. The molecule has 0 aromatic heterocycles. The average molecular weight is 265 g/mol. The molecule has 2 rings (SSSR count). The van der Waals surface area contributed by atoms with Crippen molar-refractivity contribution in [3.63, 3.8) is 0 Å². The van der Waals surface area contributed by atoms with Crippen LogP contribution < -0.4 is 4.74 Å². The van der Waals surface area contributed by atoms with Crippen LogP contribution in [0.25, 0.3) is 0 Å². The van der Waals surface area contributed by atoms with Gasteiger partial charge in [0.05, 0.1) is 17.7 Å². The van der Waals surface area contributed by atoms with E-state index in [0.717, 1.165) is 0 Å². The molecular weight excluding hydrogens is 255 g/mol. The van der Waals surface area contributed by atoms with E-state index in [1.165, 1.54) is 19.2 Å². The van der Waals surface area contributed by atoms with Crippen LogP contribution in [-0.2, 0) is 0 Å². The highest BCUT2D eigenvalue weighted by Crippen LogP contribution is 2.22. The SMILES string of the molecule is COc1cccc(C(=O)c2cccc(Cl)c2F)c1. The predicted molar refractivity (Wildman–Crippen MR) is 67.8 cm³/mol. The molecule has 0 unspecified atom stereocenters. The summed E-state index contributed by atoms with van der Waals surface area (Å²) in [4.78, 5) is 12.1. The lowest BCUT2D eigenvalue weighted by Gasteiger charge is -2.05. The number of halogens is 2. The Bertz CT molecular complexity index is 596. The number of rotatable bonds is 3. The number of hydrogen-bond donors (Lipinski definition) is 0. The van der Waals surface area contributed by atoms with Crippen LogP contribution in [0.4, 0.5) is 4.39 Å². The van der Waals surface area contributed by atoms with Crippen LogP contribution in [0.3, 0.4) is 0 Å². The minimum atomic E-state index is -0.702. The van der Waals surface area contributed by atoms with Gasteiger partial charge in [0, 0.05) is 5.56 Å². The third kappa shape index (κ3) is 2.36. The molecule has 0 saturated carbocycles. The van der Waals surface area contributed by atoms with E-state index in [-0.39, 0.29) is 10.6 Å². The Morgan fingerprint density at radius 1 is 1.22 bits per heavy atom. The van der Waals surface area contributed by atoms with Gasteiger partial charge in [-0.1, -0.05) is 29.8 Å². The summed E-state index contributed by atoms with van der Waals surface area (Å²) in [5, 5.41) is -0.0660. The summed E-state index contributed by atoms with van der Waals surface area (Å²) < 4.78 is 18.8. The Hall–Kier alpha value is -1.87. The molecule has 0 fully saturated rings. The molecule has 0 aliphatic carbocycles. The summed E-state index contributed by atoms with van der Waals surface area (Å²) in [7, 11) is 1.50. The van der Waals surface area contributed by atoms with E-state index in [1.807, 2.05) is 0 Å². The van der Waals surface area contributed by atoms with Crippen LogP contribution in [0, 0.1) is 5.82 Å². The molecule has 0 aliphatic heterocycles. The van der Waals surface area contributed by atoms with Gasteiger partial charge in [0.25, 0.3) is 0 Å². The monoisotopic (exact) mass is 264 g/mol. The number of benzene rings is 2. The molecule has 18 heavy (non-hydrogen) atoms. The van der Waals surface area contributed by atoms with Crippen LogP contribution in [-0.4, -0.2) is 12.9 Å². The Morgan fingerprint density at radius 2 is 1.94 bits per heavy atom. The third-order valence-corrected chi connectivity index (χ3v) is 2.82. The number of methoxy groups -OCH3 is 1. The zero-order valence-electron chi connectivity index (χ0n) is 9.61. The summed E-state index contributed by atoms with van der Waals surface area (Å²) in [6.07, 6.45) is 0. The highest BCUT2D eigenvalue weighted by molar-refractivity contribution is 6.31. The molecule has 0 heterocycles. The van der Waals surface area contributed by atoms with Gasteiger partial charge < -0.3 is 4.74 Å². The van der Waals surface area contributed by atoms with Crippen molar-refractivity contribution in [3.8, 4) is 5.75 Å². The quantitative estimate of drug-likeness (QED) is 0.790. The van der Waals surface area contributed by atoms with Gasteiger partial charge in [0.2, 0.25) is 0 Å². The molecule has 0 saturated heterocycles. The van der Waals surface area contributed by atoms with Crippen molar-refractivity contribution >= 4 is 17.4 Å². The lowest BCUT2D eigenvalue weighted by molar-refractivity contribution is 0.103. The summed E-state index contributed by atoms with van der Waals surface area (Å²) >= 11 is 5.65. The topological polar surface area (TPSA) is 26.3 Å². The lowest BCUT2D eigenvalue weighted by Crippen LogP contribution is -2.04. The van der Waals surface area contributed by atoms with Gasteiger partial charge in [-0.25, -0.2) is 4.39 Å². The Kier molecular flexibility index (Phi) is 3.63. The zero-order valence-corrected chi connectivity index (χ0v) is 10.4. The standard InChI is InChI=1S/C14H10ClFO2/c1-18-10-5-2-4-9(8-10)14(17)11-6-3-7-12(15)13(11)16/h2-8H,1H3. The van der Waals surface area contributed by atoms with E-state index in [2.05, 4.69) is 0 Å². The van der Waals surface area contributed by atoms with Crippen molar-refractivity contribution < 1.29 is 13.9 Å². The number of carbonyl (C=O) groups is 1. The van der Waals surface area contributed by atoms with E-state index in [4.69, 9.17) is 16.3 Å². The Labute approximate surface area is 109 Å². The second-order valence-corrected chi connectivity index (χ2v) is 4.07. The van der Waals surface area contributed by atoms with Crippen molar-refractivity contribution in [1.82, 2.24) is 0 Å². The van der Waals surface area contributed by atoms with Gasteiger partial charge in [-0.05, 0) is 24.3 Å². The average Bonchev–Trinajstić information content (AvgIpc) is 2.41. The molecule has 0 radical (unpaired) electrons. The van der Waals surface area contributed by atoms with Crippen LogP contribution in [0.15, 0.2) is 42.5 Å². The Balaban J connectivity index is 2.44. The fourth-order valence-electron chi connectivity index (χ4n) is 1.60. The predicted octanol–water partition coefficient (Wildman–Crippen LogP) is 3.72. The minimum Gasteiger partial charge on any atom is -0.497 e. The fraction of sp³-hybridized carbons (Fsp3) is 0.0714. The fourth-order valence-corrected chi connectivity index (χ4v) is 1.77. The minimum absolute atomic E-state index is 0.0456. The normalized spacial score (nSPS) is 10.2. The number of ether oxygens (including phenoxy) is 1. The first-order valence-corrected chi connectivity index (χ1v) is 5.64. The van der Waals surface area contributed by atoms with Gasteiger partial charge in [-0.3, -0.25) is 4.79 Å². The van der Waals surface area contributed by atoms with E-state index in [1.54, 1.807) is 30.3 Å². The van der Waals surface area contributed by atoms with Crippen molar-refractivity contribution in [1.29, 1.82) is 0 Å². The zero-order chi connectivity index (χ0) is 13.1. The van der Waals surface area contributed by atoms with Crippen LogP contribution in [0.5, 0.6) is 5.75 Å². The van der Waals surface area contributed by atoms with Gasteiger partial charge in [-0.2, -0.15) is 0 Å². The molecule has 2 nitrogen and oxygen atoms in total. The largest absolute Gasteiger partial charge is 0.497 e. The second-order valence-electron chi connectivity index (χ2n) is 3.66. The Morgan fingerprint density at radius 3 is 2.67 bits per heavy atom. The van der Waals surface area contributed by atoms with Gasteiger partial charge in [0.15, 0.2) is 11.6 Å². The molecule has 0 aliphatic rings. The molecule has 4 heteroatoms. The maximum atomic E-state index is 13.7. The van der Waals surface area contributed by atoms with Crippen molar-refractivity contribution in [2.75, 3.05) is 7.11 Å². The smallest absolute Gasteiger partial charge is 0.196 e. The summed E-state index contributed by atoms with van der Waals surface area (Å²) in [6.45, 7) is 0. The van der Waals surface area contributed by atoms with Gasteiger partial charge >= 0.3 is 0 Å². The first kappa shape index (κ1) is 12.6. The van der Waals surface area contributed by atoms with Crippen molar-refractivity contribution in [2.45, 2.75) is 0 Å². The van der Waals surface area contributed by atoms with Crippen molar-refractivity contribution in [2.24, 2.45) is 0 Å². The first-order chi connectivity index (χ1) is 8.63. The second kappa shape index (κ2) is 5.19. The van der Waals surface area contributed by atoms with E-state index < -0.39 is 11.6 Å². The van der Waals surface area contributed by atoms with Crippen LogP contribution in [0.2, 0.25) is 5.02 Å². The molecular formula is C14H10ClFO2. The molecule has 0 N–H and O–H groups in total. The van der Waals surface area contributed by atoms with Gasteiger partial charge in [-0.15, -0.1) is 0 Å². The highest BCUT2D eigenvalue weighted by Gasteiger charge is 2.16. The summed E-state index contributed by atoms with van der Waals surface area (Å²) in [6, 6.07) is 10.9. The molecule has 2 aromatic carbocycles. The van der Waals surface area contributed by atoms with Crippen LogP contribution in [0.1, 0.15) is 15.9 Å². The summed E-state index contributed by atoms with van der Waals surface area (Å²) in [5.74, 6) is -0.579. The maximum absolute atomic E-state index is 13.7. The third-order valence-electron chi connectivity index (χ3n) is 2.53. The number of ketones is 1. The molecule has 0 spiro atoms. The van der Waals surface area contributed by atoms with Crippen LogP contribution >= 0.6 is 11.6 Å². The molecule has 0 atom stereocenters. The van der Waals surface area contributed by atoms with E-state index in [9.17, 15) is 9.18 Å². The number of carbonyl (C=O) groups excluding carboxylic acids is 1. The van der Waals surface area contributed by atoms with Crippen molar-refractivity contribution in [3.05, 3.63) is 64.4 Å². The molecule has 0 bridgehead atoms. The summed E-state index contributed by atoms with van der Waals surface area (Å²) in [5.41, 5.74) is 0.311.